The van der Waals surface area contributed by atoms with Gasteiger partial charge in [-0.15, -0.1) is 0 Å². The van der Waals surface area contributed by atoms with Crippen LogP contribution in [-0.2, 0) is 6.23 Å². The maximum absolute atomic E-state index is 2.59. The molecule has 10 aliphatic rings. The van der Waals surface area contributed by atoms with Crippen LogP contribution in [-0.4, -0.2) is 16.4 Å². The van der Waals surface area contributed by atoms with E-state index in [-0.39, 0.29) is 0 Å². The molecular formula is C22H35NiP. The van der Waals surface area contributed by atoms with E-state index in [1.165, 1.54) is 29.8 Å². The summed E-state index contributed by atoms with van der Waals surface area (Å²) >= 11 is 0. The van der Waals surface area contributed by atoms with Gasteiger partial charge in [-0.25, -0.2) is 0 Å². The van der Waals surface area contributed by atoms with Crippen LogP contribution in [0.3, 0.4) is 0 Å². The summed E-state index contributed by atoms with van der Waals surface area (Å²) < 4.78 is 1.26. The minimum absolute atomic E-state index is 0.483. The van der Waals surface area contributed by atoms with Gasteiger partial charge in [-0.05, 0) is 0 Å². The van der Waals surface area contributed by atoms with Gasteiger partial charge in [0.15, 0.2) is 0 Å². The van der Waals surface area contributed by atoms with E-state index in [4.69, 9.17) is 0 Å². The Labute approximate surface area is 139 Å². The zero-order valence-electron chi connectivity index (χ0n) is 15.5. The van der Waals surface area contributed by atoms with E-state index in [1.54, 1.807) is 82.0 Å². The zero-order valence-corrected chi connectivity index (χ0v) is 17.4. The zero-order chi connectivity index (χ0) is 15.7. The van der Waals surface area contributed by atoms with Crippen LogP contribution in [0.2, 0.25) is 44.0 Å². The quantitative estimate of drug-likeness (QED) is 0.191. The molecule has 10 heterocycles. The molecule has 10 fully saturated rings. The molecule has 1 spiro atoms. The Morgan fingerprint density at radius 1 is 0.625 bits per heavy atom. The molecule has 24 heavy (non-hydrogen) atoms. The first kappa shape index (κ1) is 12.4. The molecule has 10 rings (SSSR count). The van der Waals surface area contributed by atoms with E-state index >= 15 is 0 Å². The third kappa shape index (κ3) is 0.205. The topological polar surface area (TPSA) is 0 Å². The Balaban J connectivity index is 1.06. The first-order valence-electron chi connectivity index (χ1n) is 11.3. The monoisotopic (exact) mass is 388 g/mol. The summed E-state index contributed by atoms with van der Waals surface area (Å²) in [4.78, 5) is 14.0. The molecule has 10 saturated heterocycles. The normalized spacial score (nSPS) is 88.2. The van der Waals surface area contributed by atoms with E-state index in [1.807, 2.05) is 0 Å². The molecule has 0 aromatic heterocycles. The van der Waals surface area contributed by atoms with Crippen LogP contribution >= 0.6 is 7.92 Å². The van der Waals surface area contributed by atoms with E-state index in [2.05, 4.69) is 13.8 Å². The summed E-state index contributed by atoms with van der Waals surface area (Å²) in [5.74, 6) is 0. The van der Waals surface area contributed by atoms with Crippen molar-refractivity contribution in [1.82, 2.24) is 0 Å². The van der Waals surface area contributed by atoms with Crippen LogP contribution in [0.1, 0.15) is 65.2 Å². The molecular weight excluding hydrogens is 354 g/mol. The molecule has 0 radical (unpaired) electrons. The van der Waals surface area contributed by atoms with Crippen molar-refractivity contribution < 1.29 is 6.23 Å². The summed E-state index contributed by atoms with van der Waals surface area (Å²) in [6, 6.07) is 0. The molecule has 0 bridgehead atoms. The van der Waals surface area contributed by atoms with Crippen LogP contribution in [0.5, 0.6) is 0 Å². The number of fused-ring (bicyclic) bond motifs is 10. The van der Waals surface area contributed by atoms with Gasteiger partial charge in [-0.1, -0.05) is 0 Å². The fourth-order valence-electron chi connectivity index (χ4n) is 17.0. The van der Waals surface area contributed by atoms with E-state index < -0.39 is 6.23 Å². The number of hydrogen-bond acceptors (Lipinski definition) is 0. The molecule has 0 amide bonds. The van der Waals surface area contributed by atoms with Gasteiger partial charge in [0, 0.05) is 0 Å². The Kier molecular flexibility index (Phi) is 0.768. The van der Waals surface area contributed by atoms with Crippen molar-refractivity contribution in [3.05, 3.63) is 0 Å². The second-order valence-electron chi connectivity index (χ2n) is 13.0. The second kappa shape index (κ2) is 1.49. The summed E-state index contributed by atoms with van der Waals surface area (Å²) in [6.07, 6.45) is 13.2. The van der Waals surface area contributed by atoms with E-state index in [9.17, 15) is 0 Å². The van der Waals surface area contributed by atoms with Crippen molar-refractivity contribution in [2.45, 2.75) is 113 Å². The van der Waals surface area contributed by atoms with Gasteiger partial charge in [0.1, 0.15) is 0 Å². The number of hydrogen-bond donors (Lipinski definition) is 0. The van der Waals surface area contributed by atoms with Crippen molar-refractivity contribution in [3.8, 4) is 0 Å². The average molecular weight is 389 g/mol. The molecule has 0 N–H and O–H groups in total. The van der Waals surface area contributed by atoms with Gasteiger partial charge < -0.3 is 0 Å². The van der Waals surface area contributed by atoms with Gasteiger partial charge in [-0.2, -0.15) is 0 Å². The standard InChI is InChI=1S/C17H30P.C5H5.Ni/c1-3-5-7-11-15-18(16-12-8-6-4-2)17-13-9-10-14-17;1-2-4-5-3-1;/h9-10,13-14H,3-8,11-12,15-16H2,1-2H3;1-5H;. The fraction of sp³-hybridized carbons (Fsp3) is 1.00. The molecule has 4 atom stereocenters. The molecule has 2 heteroatoms. The van der Waals surface area contributed by atoms with Crippen molar-refractivity contribution in [2.24, 2.45) is 0 Å². The van der Waals surface area contributed by atoms with Crippen molar-refractivity contribution in [1.29, 1.82) is 0 Å². The van der Waals surface area contributed by atoms with Gasteiger partial charge in [0.05, 0.1) is 0 Å². The Hall–Kier alpha value is 0.924. The SMILES string of the molecule is CCCCCCP(CCCCCC)[C]12[CH]3[CH]4[CH]5[CH]1[Ni]45321678[CH]2[CH]1[CH]6[CH]7[CH]28. The Bertz CT molecular complexity index is 949. The summed E-state index contributed by atoms with van der Waals surface area (Å²) in [5, 5.41) is 0. The first-order chi connectivity index (χ1) is 11.6. The van der Waals surface area contributed by atoms with Crippen LogP contribution in [0.4, 0.5) is 0 Å². The van der Waals surface area contributed by atoms with Crippen LogP contribution in [0.15, 0.2) is 0 Å². The molecule has 0 saturated carbocycles. The predicted molar refractivity (Wildman–Crippen MR) is 101 cm³/mol. The van der Waals surface area contributed by atoms with Crippen molar-refractivity contribution >= 4 is 7.92 Å². The van der Waals surface area contributed by atoms with Gasteiger partial charge in [0.25, 0.3) is 0 Å². The number of unbranched alkanes of at least 4 members (excludes halogenated alkanes) is 6. The number of rotatable bonds is 11. The van der Waals surface area contributed by atoms with Crippen LogP contribution in [0, 0.1) is 0 Å². The molecule has 0 aliphatic carbocycles. The molecule has 138 valence electrons. The molecule has 0 nitrogen and oxygen atoms in total. The van der Waals surface area contributed by atoms with Crippen LogP contribution in [0.25, 0.3) is 0 Å². The predicted octanol–water partition coefficient (Wildman–Crippen LogP) is 7.93. The summed E-state index contributed by atoms with van der Waals surface area (Å²) in [6.45, 7) is 4.77. The van der Waals surface area contributed by atoms with Gasteiger partial charge >= 0.3 is 140 Å². The summed E-state index contributed by atoms with van der Waals surface area (Å²) in [7, 11) is 0.483. The third-order valence-corrected chi connectivity index (χ3v) is 61.2. The van der Waals surface area contributed by atoms with Crippen LogP contribution < -0.4 is 0 Å². The summed E-state index contributed by atoms with van der Waals surface area (Å²) in [5.41, 5.74) is 0. The minimum atomic E-state index is -2.59. The van der Waals surface area contributed by atoms with E-state index in [0.717, 1.165) is 0 Å². The van der Waals surface area contributed by atoms with Gasteiger partial charge in [0.2, 0.25) is 0 Å². The van der Waals surface area contributed by atoms with Gasteiger partial charge in [-0.3, -0.25) is 0 Å². The Morgan fingerprint density at radius 2 is 1.08 bits per heavy atom. The second-order valence-corrected chi connectivity index (χ2v) is 37.1. The first-order valence-corrected chi connectivity index (χ1v) is 18.7. The maximum atomic E-state index is 2.39. The van der Waals surface area contributed by atoms with Crippen molar-refractivity contribution in [2.75, 3.05) is 12.3 Å². The van der Waals surface area contributed by atoms with E-state index in [0.29, 0.717) is 7.92 Å². The fourth-order valence-corrected chi connectivity index (χ4v) is 95.8. The molecule has 10 aliphatic heterocycles. The Morgan fingerprint density at radius 3 is 1.38 bits per heavy atom. The average Bonchev–Trinajstić information content (AvgIpc) is 3.53. The van der Waals surface area contributed by atoms with Crippen molar-refractivity contribution in [3.63, 3.8) is 0 Å². The molecule has 4 unspecified atom stereocenters. The molecule has 0 aromatic carbocycles. The molecule has 0 aromatic rings. The third-order valence-electron chi connectivity index (χ3n) is 16.2.